The first-order valence-electron chi connectivity index (χ1n) is 11.6. The summed E-state index contributed by atoms with van der Waals surface area (Å²) in [4.78, 5) is 13.6. The van der Waals surface area contributed by atoms with Crippen LogP contribution in [0.1, 0.15) is 29.7 Å². The van der Waals surface area contributed by atoms with E-state index in [1.54, 1.807) is 24.3 Å². The average molecular weight is 495 g/mol. The zero-order chi connectivity index (χ0) is 25.2. The Morgan fingerprint density at radius 2 is 1.60 bits per heavy atom. The van der Waals surface area contributed by atoms with Crippen molar-refractivity contribution in [2.75, 3.05) is 36.4 Å². The predicted molar refractivity (Wildman–Crippen MR) is 138 cm³/mol. The monoisotopic (exact) mass is 494 g/mol. The second-order valence-corrected chi connectivity index (χ2v) is 10.8. The molecule has 0 bridgehead atoms. The van der Waals surface area contributed by atoms with E-state index >= 15 is 0 Å². The van der Waals surface area contributed by atoms with E-state index in [-0.39, 0.29) is 11.7 Å². The summed E-state index contributed by atoms with van der Waals surface area (Å²) in [6.07, 6.45) is 0. The van der Waals surface area contributed by atoms with Gasteiger partial charge in [-0.25, -0.2) is 8.42 Å². The van der Waals surface area contributed by atoms with Crippen LogP contribution in [0.5, 0.6) is 0 Å². The molecule has 0 aromatic heterocycles. The van der Waals surface area contributed by atoms with E-state index in [4.69, 9.17) is 0 Å². The first kappa shape index (κ1) is 24.7. The second-order valence-electron chi connectivity index (χ2n) is 8.87. The number of hydrogen-bond acceptors (Lipinski definition) is 6. The number of nitrogens with one attached hydrogen (secondary N) is 1. The molecular weight excluding hydrogens is 464 g/mol. The van der Waals surface area contributed by atoms with E-state index in [0.717, 1.165) is 22.4 Å². The van der Waals surface area contributed by atoms with Crippen molar-refractivity contribution >= 4 is 27.1 Å². The fourth-order valence-electron chi connectivity index (χ4n) is 4.26. The largest absolute Gasteiger partial charge is 0.373 e. The number of nitro benzene ring substituents is 1. The fourth-order valence-corrected chi connectivity index (χ4v) is 5.77. The Balaban J connectivity index is 1.51. The lowest BCUT2D eigenvalue weighted by atomic mass is 10.1. The van der Waals surface area contributed by atoms with Gasteiger partial charge in [0.15, 0.2) is 0 Å². The maximum Gasteiger partial charge on any atom is 0.292 e. The number of sulfonamides is 1. The van der Waals surface area contributed by atoms with Crippen molar-refractivity contribution in [3.05, 3.63) is 93.5 Å². The average Bonchev–Trinajstić information content (AvgIpc) is 2.86. The maximum atomic E-state index is 13.1. The van der Waals surface area contributed by atoms with Gasteiger partial charge in [0.25, 0.3) is 5.69 Å². The van der Waals surface area contributed by atoms with Crippen LogP contribution in [0.3, 0.4) is 0 Å². The quantitative estimate of drug-likeness (QED) is 0.371. The topological polar surface area (TPSA) is 95.8 Å². The van der Waals surface area contributed by atoms with Crippen LogP contribution in [-0.4, -0.2) is 43.8 Å². The van der Waals surface area contributed by atoms with Crippen LogP contribution in [0, 0.1) is 24.0 Å². The van der Waals surface area contributed by atoms with Crippen molar-refractivity contribution in [1.29, 1.82) is 0 Å². The third-order valence-electron chi connectivity index (χ3n) is 6.57. The molecule has 35 heavy (non-hydrogen) atoms. The molecule has 1 N–H and O–H groups in total. The van der Waals surface area contributed by atoms with Gasteiger partial charge in [-0.3, -0.25) is 10.1 Å². The first-order chi connectivity index (χ1) is 16.7. The smallest absolute Gasteiger partial charge is 0.292 e. The van der Waals surface area contributed by atoms with Crippen LogP contribution in [0.25, 0.3) is 0 Å². The molecule has 1 heterocycles. The summed E-state index contributed by atoms with van der Waals surface area (Å²) >= 11 is 0. The Bertz CT molecular complexity index is 1320. The summed E-state index contributed by atoms with van der Waals surface area (Å²) in [6.45, 7) is 7.50. The lowest BCUT2D eigenvalue weighted by Gasteiger charge is -2.35. The lowest BCUT2D eigenvalue weighted by Crippen LogP contribution is -2.48. The SMILES string of the molecule is Cc1ccc(S(=O)(=O)N2CCN(c3ccc([N+](=O)[O-])c(N[C@H](C)c4ccccc4)c3)CC2)cc1C. The van der Waals surface area contributed by atoms with Gasteiger partial charge in [-0.05, 0) is 61.7 Å². The van der Waals surface area contributed by atoms with Crippen molar-refractivity contribution in [2.24, 2.45) is 0 Å². The number of benzene rings is 3. The van der Waals surface area contributed by atoms with Crippen molar-refractivity contribution < 1.29 is 13.3 Å². The highest BCUT2D eigenvalue weighted by Gasteiger charge is 2.29. The molecule has 4 rings (SSSR count). The summed E-state index contributed by atoms with van der Waals surface area (Å²) in [5.41, 5.74) is 4.29. The molecule has 0 radical (unpaired) electrons. The van der Waals surface area contributed by atoms with Crippen molar-refractivity contribution in [1.82, 2.24) is 4.31 Å². The van der Waals surface area contributed by atoms with E-state index in [9.17, 15) is 18.5 Å². The van der Waals surface area contributed by atoms with Gasteiger partial charge in [0.1, 0.15) is 5.69 Å². The minimum Gasteiger partial charge on any atom is -0.373 e. The fraction of sp³-hybridized carbons (Fsp3) is 0.308. The Labute approximate surface area is 206 Å². The van der Waals surface area contributed by atoms with Crippen molar-refractivity contribution in [3.8, 4) is 0 Å². The van der Waals surface area contributed by atoms with Crippen LogP contribution < -0.4 is 10.2 Å². The number of anilines is 2. The first-order valence-corrected chi connectivity index (χ1v) is 13.0. The molecule has 3 aromatic carbocycles. The molecule has 184 valence electrons. The summed E-state index contributed by atoms with van der Waals surface area (Å²) in [5, 5.41) is 14.9. The normalized spacial score (nSPS) is 15.6. The molecule has 1 aliphatic heterocycles. The van der Waals surface area contributed by atoms with Gasteiger partial charge in [0, 0.05) is 44.0 Å². The molecule has 8 nitrogen and oxygen atoms in total. The number of nitrogens with zero attached hydrogens (tertiary/aromatic N) is 3. The highest BCUT2D eigenvalue weighted by Crippen LogP contribution is 2.33. The van der Waals surface area contributed by atoms with E-state index in [0.29, 0.717) is 36.8 Å². The zero-order valence-corrected chi connectivity index (χ0v) is 21.0. The molecule has 1 saturated heterocycles. The number of rotatable bonds is 7. The van der Waals surface area contributed by atoms with Gasteiger partial charge in [-0.15, -0.1) is 0 Å². The van der Waals surface area contributed by atoms with Crippen LogP contribution in [0.2, 0.25) is 0 Å². The minimum absolute atomic E-state index is 0.00693. The Morgan fingerprint density at radius 1 is 0.914 bits per heavy atom. The molecule has 9 heteroatoms. The number of nitro groups is 1. The molecule has 0 amide bonds. The molecule has 0 spiro atoms. The van der Waals surface area contributed by atoms with Gasteiger partial charge < -0.3 is 10.2 Å². The zero-order valence-electron chi connectivity index (χ0n) is 20.1. The summed E-state index contributed by atoms with van der Waals surface area (Å²) < 4.78 is 27.8. The highest BCUT2D eigenvalue weighted by atomic mass is 32.2. The van der Waals surface area contributed by atoms with Gasteiger partial charge >= 0.3 is 0 Å². The van der Waals surface area contributed by atoms with Crippen LogP contribution in [0.4, 0.5) is 17.1 Å². The maximum absolute atomic E-state index is 13.1. The number of piperazine rings is 1. The van der Waals surface area contributed by atoms with E-state index < -0.39 is 14.9 Å². The van der Waals surface area contributed by atoms with E-state index in [2.05, 4.69) is 10.2 Å². The van der Waals surface area contributed by atoms with E-state index in [1.165, 1.54) is 10.4 Å². The molecular formula is C26H30N4O4S. The number of hydrogen-bond donors (Lipinski definition) is 1. The summed E-state index contributed by atoms with van der Waals surface area (Å²) in [6, 6.07) is 19.9. The van der Waals surface area contributed by atoms with Crippen LogP contribution >= 0.6 is 0 Å². The Kier molecular flexibility index (Phi) is 7.09. The van der Waals surface area contributed by atoms with Gasteiger partial charge in [-0.2, -0.15) is 4.31 Å². The molecule has 1 aliphatic rings. The molecule has 1 fully saturated rings. The van der Waals surface area contributed by atoms with Crippen LogP contribution in [0.15, 0.2) is 71.6 Å². The van der Waals surface area contributed by atoms with Gasteiger partial charge in [0.2, 0.25) is 10.0 Å². The molecule has 0 saturated carbocycles. The molecule has 1 atom stereocenters. The summed E-state index contributed by atoms with van der Waals surface area (Å²) in [7, 11) is -3.57. The van der Waals surface area contributed by atoms with Crippen molar-refractivity contribution in [3.63, 3.8) is 0 Å². The van der Waals surface area contributed by atoms with E-state index in [1.807, 2.05) is 57.2 Å². The highest BCUT2D eigenvalue weighted by molar-refractivity contribution is 7.89. The van der Waals surface area contributed by atoms with Gasteiger partial charge in [-0.1, -0.05) is 36.4 Å². The number of aryl methyl sites for hydroxylation is 2. The van der Waals surface area contributed by atoms with Crippen LogP contribution in [-0.2, 0) is 10.0 Å². The van der Waals surface area contributed by atoms with Crippen molar-refractivity contribution in [2.45, 2.75) is 31.7 Å². The Morgan fingerprint density at radius 3 is 2.23 bits per heavy atom. The molecule has 0 unspecified atom stereocenters. The Hall–Kier alpha value is -3.43. The molecule has 0 aliphatic carbocycles. The second kappa shape index (κ2) is 10.1. The van der Waals surface area contributed by atoms with Gasteiger partial charge in [0.05, 0.1) is 9.82 Å². The third-order valence-corrected chi connectivity index (χ3v) is 8.46. The molecule has 3 aromatic rings. The predicted octanol–water partition coefficient (Wildman–Crippen LogP) is 4.90. The minimum atomic E-state index is -3.57. The summed E-state index contributed by atoms with van der Waals surface area (Å²) in [5.74, 6) is 0. The third kappa shape index (κ3) is 5.31. The lowest BCUT2D eigenvalue weighted by molar-refractivity contribution is -0.384. The standard InChI is InChI=1S/C26H30N4O4S/c1-19-9-11-24(17-20(19)2)35(33,34)29-15-13-28(14-16-29)23-10-12-26(30(31)32)25(18-23)27-21(3)22-7-5-4-6-8-22/h4-12,17-18,21,27H,13-16H2,1-3H3/t21-/m1/s1.